The van der Waals surface area contributed by atoms with Crippen LogP contribution in [-0.2, 0) is 19.1 Å². The van der Waals surface area contributed by atoms with Crippen molar-refractivity contribution >= 4 is 45.1 Å². The van der Waals surface area contributed by atoms with Crippen LogP contribution in [0, 0.1) is 0 Å². The van der Waals surface area contributed by atoms with E-state index in [2.05, 4.69) is 37.1 Å². The highest BCUT2D eigenvalue weighted by molar-refractivity contribution is 9.10. The number of hydrazone groups is 1. The van der Waals surface area contributed by atoms with E-state index in [0.717, 1.165) is 4.47 Å². The van der Waals surface area contributed by atoms with Gasteiger partial charge in [0.15, 0.2) is 0 Å². The average Bonchev–Trinajstić information content (AvgIpc) is 2.52. The number of carbonyl (C=O) groups is 3. The zero-order chi connectivity index (χ0) is 17.9. The molecule has 0 aliphatic rings. The first-order valence-corrected chi connectivity index (χ1v) is 7.87. The van der Waals surface area contributed by atoms with Gasteiger partial charge in [0.1, 0.15) is 0 Å². The van der Waals surface area contributed by atoms with Crippen LogP contribution in [0.25, 0.3) is 0 Å². The molecule has 0 heterocycles. The molecule has 0 radical (unpaired) electrons. The van der Waals surface area contributed by atoms with Gasteiger partial charge >= 0.3 is 11.8 Å². The van der Waals surface area contributed by atoms with E-state index in [9.17, 15) is 14.4 Å². The summed E-state index contributed by atoms with van der Waals surface area (Å²) in [7, 11) is 1.49. The Labute approximate surface area is 148 Å². The number of hydrogen-bond acceptors (Lipinski definition) is 5. The molecule has 1 aromatic rings. The second kappa shape index (κ2) is 10.5. The molecular weight excluding hydrogens is 380 g/mol. The standard InChI is InChI=1S/C15H19BrN4O4/c1-10(19-20-15(23)14(22)17-6-7-24-2)8-13(21)18-12-5-3-4-11(16)9-12/h3-5,9H,6-8H2,1-2H3,(H,17,22)(H,18,21)(H,20,23)/b19-10+. The Bertz CT molecular complexity index is 634. The molecule has 0 aliphatic heterocycles. The van der Waals surface area contributed by atoms with Gasteiger partial charge in [-0.2, -0.15) is 5.10 Å². The number of nitrogens with one attached hydrogen (secondary N) is 3. The summed E-state index contributed by atoms with van der Waals surface area (Å²) in [6.45, 7) is 2.10. The SMILES string of the molecule is COCCNC(=O)C(=O)N/N=C(\C)CC(=O)Nc1cccc(Br)c1. The van der Waals surface area contributed by atoms with Crippen molar-refractivity contribution in [1.29, 1.82) is 0 Å². The lowest BCUT2D eigenvalue weighted by atomic mass is 10.2. The third-order valence-corrected chi connectivity index (χ3v) is 3.16. The fourth-order valence-corrected chi connectivity index (χ4v) is 1.99. The van der Waals surface area contributed by atoms with Crippen LogP contribution in [0.15, 0.2) is 33.8 Å². The van der Waals surface area contributed by atoms with Gasteiger partial charge in [0.25, 0.3) is 0 Å². The van der Waals surface area contributed by atoms with Crippen LogP contribution in [0.3, 0.4) is 0 Å². The molecule has 1 rings (SSSR count). The third-order valence-electron chi connectivity index (χ3n) is 2.67. The van der Waals surface area contributed by atoms with E-state index in [1.54, 1.807) is 25.1 Å². The number of rotatable bonds is 7. The van der Waals surface area contributed by atoms with E-state index in [0.29, 0.717) is 18.0 Å². The fraction of sp³-hybridized carbons (Fsp3) is 0.333. The van der Waals surface area contributed by atoms with E-state index in [1.165, 1.54) is 7.11 Å². The number of methoxy groups -OCH3 is 1. The summed E-state index contributed by atoms with van der Waals surface area (Å²) < 4.78 is 5.59. The van der Waals surface area contributed by atoms with Gasteiger partial charge in [-0.05, 0) is 25.1 Å². The van der Waals surface area contributed by atoms with Crippen molar-refractivity contribution in [3.63, 3.8) is 0 Å². The van der Waals surface area contributed by atoms with Crippen molar-refractivity contribution in [2.75, 3.05) is 25.6 Å². The van der Waals surface area contributed by atoms with Crippen molar-refractivity contribution in [2.24, 2.45) is 5.10 Å². The summed E-state index contributed by atoms with van der Waals surface area (Å²) >= 11 is 3.31. The zero-order valence-corrected chi connectivity index (χ0v) is 15.0. The summed E-state index contributed by atoms with van der Waals surface area (Å²) in [4.78, 5) is 34.7. The molecule has 8 nitrogen and oxygen atoms in total. The summed E-state index contributed by atoms with van der Waals surface area (Å²) in [6.07, 6.45) is -0.0158. The highest BCUT2D eigenvalue weighted by atomic mass is 79.9. The van der Waals surface area contributed by atoms with E-state index < -0.39 is 11.8 Å². The number of halogens is 1. The Morgan fingerprint density at radius 2 is 2.00 bits per heavy atom. The van der Waals surface area contributed by atoms with Crippen molar-refractivity contribution in [3.8, 4) is 0 Å². The molecule has 24 heavy (non-hydrogen) atoms. The van der Waals surface area contributed by atoms with Gasteiger partial charge < -0.3 is 15.4 Å². The molecule has 0 saturated heterocycles. The molecule has 0 fully saturated rings. The van der Waals surface area contributed by atoms with E-state index >= 15 is 0 Å². The number of nitrogens with zero attached hydrogens (tertiary/aromatic N) is 1. The van der Waals surface area contributed by atoms with Crippen molar-refractivity contribution in [2.45, 2.75) is 13.3 Å². The predicted octanol–water partition coefficient (Wildman–Crippen LogP) is 1.03. The molecule has 3 N–H and O–H groups in total. The smallest absolute Gasteiger partial charge is 0.329 e. The Morgan fingerprint density at radius 3 is 2.67 bits per heavy atom. The Kier molecular flexibility index (Phi) is 8.66. The quantitative estimate of drug-likeness (QED) is 0.275. The number of amides is 3. The van der Waals surface area contributed by atoms with Gasteiger partial charge in [0.05, 0.1) is 13.0 Å². The highest BCUT2D eigenvalue weighted by Crippen LogP contribution is 2.15. The molecule has 0 aliphatic carbocycles. The summed E-state index contributed by atoms with van der Waals surface area (Å²) in [5, 5.41) is 8.79. The summed E-state index contributed by atoms with van der Waals surface area (Å²) in [6, 6.07) is 7.15. The first-order valence-electron chi connectivity index (χ1n) is 7.08. The van der Waals surface area contributed by atoms with Gasteiger partial charge in [0.2, 0.25) is 5.91 Å². The molecular formula is C15H19BrN4O4. The van der Waals surface area contributed by atoms with Crippen LogP contribution in [0.1, 0.15) is 13.3 Å². The fourth-order valence-electron chi connectivity index (χ4n) is 1.59. The first-order chi connectivity index (χ1) is 11.4. The molecule has 130 valence electrons. The Hall–Kier alpha value is -2.26. The monoisotopic (exact) mass is 398 g/mol. The summed E-state index contributed by atoms with van der Waals surface area (Å²) in [5.41, 5.74) is 3.10. The number of benzene rings is 1. The van der Waals surface area contributed by atoms with Crippen LogP contribution in [0.5, 0.6) is 0 Å². The molecule has 9 heteroatoms. The maximum Gasteiger partial charge on any atom is 0.329 e. The molecule has 1 aromatic carbocycles. The topological polar surface area (TPSA) is 109 Å². The molecule has 0 spiro atoms. The number of hydrogen-bond donors (Lipinski definition) is 3. The number of carbonyl (C=O) groups excluding carboxylic acids is 3. The Balaban J connectivity index is 2.41. The highest BCUT2D eigenvalue weighted by Gasteiger charge is 2.12. The molecule has 0 saturated carbocycles. The molecule has 0 bridgehead atoms. The zero-order valence-electron chi connectivity index (χ0n) is 13.4. The van der Waals surface area contributed by atoms with E-state index in [4.69, 9.17) is 4.74 Å². The van der Waals surface area contributed by atoms with Crippen LogP contribution >= 0.6 is 15.9 Å². The van der Waals surface area contributed by atoms with Gasteiger partial charge in [-0.3, -0.25) is 14.4 Å². The third kappa shape index (κ3) is 7.84. The van der Waals surface area contributed by atoms with Crippen LogP contribution in [0.2, 0.25) is 0 Å². The maximum absolute atomic E-state index is 11.9. The number of anilines is 1. The van der Waals surface area contributed by atoms with Crippen molar-refractivity contribution in [3.05, 3.63) is 28.7 Å². The van der Waals surface area contributed by atoms with Gasteiger partial charge in [-0.15, -0.1) is 0 Å². The average molecular weight is 399 g/mol. The van der Waals surface area contributed by atoms with Crippen LogP contribution < -0.4 is 16.1 Å². The van der Waals surface area contributed by atoms with Gasteiger partial charge in [-0.1, -0.05) is 22.0 Å². The Morgan fingerprint density at radius 1 is 1.25 bits per heavy atom. The predicted molar refractivity (Wildman–Crippen MR) is 93.5 cm³/mol. The lowest BCUT2D eigenvalue weighted by Gasteiger charge is -2.06. The minimum atomic E-state index is -0.905. The second-order valence-electron chi connectivity index (χ2n) is 4.77. The van der Waals surface area contributed by atoms with Gasteiger partial charge in [-0.25, -0.2) is 5.43 Å². The first kappa shape index (κ1) is 19.8. The molecule has 3 amide bonds. The maximum atomic E-state index is 11.9. The van der Waals surface area contributed by atoms with Crippen molar-refractivity contribution in [1.82, 2.24) is 10.7 Å². The second-order valence-corrected chi connectivity index (χ2v) is 5.69. The largest absolute Gasteiger partial charge is 0.383 e. The minimum absolute atomic E-state index is 0.0158. The lowest BCUT2D eigenvalue weighted by Crippen LogP contribution is -2.39. The van der Waals surface area contributed by atoms with Crippen molar-refractivity contribution < 1.29 is 19.1 Å². The van der Waals surface area contributed by atoms with Crippen LogP contribution in [-0.4, -0.2) is 43.7 Å². The lowest BCUT2D eigenvalue weighted by molar-refractivity contribution is -0.139. The summed E-state index contributed by atoms with van der Waals surface area (Å²) in [5.74, 6) is -2.01. The van der Waals surface area contributed by atoms with Gasteiger partial charge in [0, 0.05) is 29.5 Å². The van der Waals surface area contributed by atoms with E-state index in [1.807, 2.05) is 6.07 Å². The minimum Gasteiger partial charge on any atom is -0.383 e. The molecule has 0 aromatic heterocycles. The molecule has 0 unspecified atom stereocenters. The normalized spacial score (nSPS) is 10.9. The molecule has 0 atom stereocenters. The number of ether oxygens (including phenoxy) is 1. The van der Waals surface area contributed by atoms with Crippen LogP contribution in [0.4, 0.5) is 5.69 Å². The van der Waals surface area contributed by atoms with E-state index in [-0.39, 0.29) is 18.9 Å².